The molecule has 1 saturated heterocycles. The van der Waals surface area contributed by atoms with Crippen LogP contribution >= 0.6 is 0 Å². The summed E-state index contributed by atoms with van der Waals surface area (Å²) in [6.07, 6.45) is 4.46. The Balaban J connectivity index is 1.77. The highest BCUT2D eigenvalue weighted by Gasteiger charge is 2.37. The minimum absolute atomic E-state index is 0.0120. The van der Waals surface area contributed by atoms with E-state index in [1.165, 1.54) is 6.33 Å². The number of hydrogen-bond acceptors (Lipinski definition) is 6. The molecule has 0 spiro atoms. The number of aryl methyl sites for hydroxylation is 1. The summed E-state index contributed by atoms with van der Waals surface area (Å²) in [6.45, 7) is 7.01. The Morgan fingerprint density at radius 3 is 2.96 bits per heavy atom. The molecule has 0 radical (unpaired) electrons. The highest BCUT2D eigenvalue weighted by atomic mass is 16.5. The Morgan fingerprint density at radius 2 is 2.26 bits per heavy atom. The third kappa shape index (κ3) is 3.07. The molecule has 0 aromatic carbocycles. The molecule has 3 rings (SSSR count). The Hall–Kier alpha value is -2.35. The summed E-state index contributed by atoms with van der Waals surface area (Å²) in [5, 5.41) is 4.10. The first-order chi connectivity index (χ1) is 11.0. The highest BCUT2D eigenvalue weighted by Crippen LogP contribution is 2.24. The molecule has 1 atom stereocenters. The van der Waals surface area contributed by atoms with E-state index in [9.17, 15) is 4.79 Å². The third-order valence-corrected chi connectivity index (χ3v) is 4.00. The van der Waals surface area contributed by atoms with E-state index in [0.717, 1.165) is 5.69 Å². The van der Waals surface area contributed by atoms with Crippen molar-refractivity contribution in [1.82, 2.24) is 29.6 Å². The van der Waals surface area contributed by atoms with Crippen molar-refractivity contribution in [2.45, 2.75) is 32.4 Å². The van der Waals surface area contributed by atoms with Gasteiger partial charge in [-0.25, -0.2) is 19.6 Å². The van der Waals surface area contributed by atoms with Crippen molar-refractivity contribution in [2.75, 3.05) is 19.7 Å². The van der Waals surface area contributed by atoms with Gasteiger partial charge in [0.05, 0.1) is 18.8 Å². The molecule has 3 heterocycles. The molecule has 8 nitrogen and oxygen atoms in total. The molecule has 1 aliphatic rings. The van der Waals surface area contributed by atoms with Gasteiger partial charge in [-0.15, -0.1) is 0 Å². The average molecular weight is 316 g/mol. The van der Waals surface area contributed by atoms with Gasteiger partial charge < -0.3 is 9.64 Å². The molecule has 0 bridgehead atoms. The van der Waals surface area contributed by atoms with Crippen LogP contribution in [0, 0.1) is 6.92 Å². The van der Waals surface area contributed by atoms with Gasteiger partial charge in [0, 0.05) is 12.7 Å². The van der Waals surface area contributed by atoms with Crippen LogP contribution in [0.2, 0.25) is 0 Å². The number of hydrogen-bond donors (Lipinski definition) is 0. The van der Waals surface area contributed by atoms with Gasteiger partial charge in [-0.05, 0) is 26.8 Å². The zero-order valence-corrected chi connectivity index (χ0v) is 13.5. The van der Waals surface area contributed by atoms with Gasteiger partial charge in [0.1, 0.15) is 30.1 Å². The van der Waals surface area contributed by atoms with E-state index in [0.29, 0.717) is 25.5 Å². The number of morpholine rings is 1. The lowest BCUT2D eigenvalue weighted by atomic mass is 10.0. The van der Waals surface area contributed by atoms with Gasteiger partial charge in [0.2, 0.25) is 5.91 Å². The fourth-order valence-electron chi connectivity index (χ4n) is 2.65. The van der Waals surface area contributed by atoms with Crippen LogP contribution in [-0.4, -0.2) is 55.2 Å². The summed E-state index contributed by atoms with van der Waals surface area (Å²) >= 11 is 0. The Kier molecular flexibility index (Phi) is 4.08. The molecule has 0 saturated carbocycles. The van der Waals surface area contributed by atoms with Crippen LogP contribution in [0.3, 0.4) is 0 Å². The Morgan fingerprint density at radius 1 is 1.43 bits per heavy atom. The summed E-state index contributed by atoms with van der Waals surface area (Å²) in [6, 6.07) is 1.83. The van der Waals surface area contributed by atoms with Crippen molar-refractivity contribution in [3.63, 3.8) is 0 Å². The van der Waals surface area contributed by atoms with Crippen molar-refractivity contribution in [1.29, 1.82) is 0 Å². The summed E-state index contributed by atoms with van der Waals surface area (Å²) < 4.78 is 7.36. The van der Waals surface area contributed by atoms with E-state index in [1.807, 2.05) is 26.8 Å². The first kappa shape index (κ1) is 15.5. The number of rotatable bonds is 3. The smallest absolute Gasteiger partial charge is 0.250 e. The minimum atomic E-state index is -0.792. The molecule has 1 unspecified atom stereocenters. The van der Waals surface area contributed by atoms with Crippen LogP contribution in [-0.2, 0) is 15.1 Å². The summed E-state index contributed by atoms with van der Waals surface area (Å²) in [5.74, 6) is 0.680. The fourth-order valence-corrected chi connectivity index (χ4v) is 2.65. The average Bonchev–Trinajstić information content (AvgIpc) is 3.09. The van der Waals surface area contributed by atoms with E-state index >= 15 is 0 Å². The normalized spacial score (nSPS) is 18.9. The van der Waals surface area contributed by atoms with Gasteiger partial charge in [0.15, 0.2) is 0 Å². The molecule has 1 amide bonds. The second-order valence-electron chi connectivity index (χ2n) is 6.04. The number of carbonyl (C=O) groups excluding carboxylic acids is 1. The topological polar surface area (TPSA) is 86.0 Å². The summed E-state index contributed by atoms with van der Waals surface area (Å²) in [5.41, 5.74) is 0.00791. The van der Waals surface area contributed by atoms with Crippen LogP contribution in [0.4, 0.5) is 0 Å². The van der Waals surface area contributed by atoms with Gasteiger partial charge in [-0.2, -0.15) is 5.10 Å². The lowest BCUT2D eigenvalue weighted by Gasteiger charge is -2.37. The molecule has 0 aliphatic carbocycles. The second kappa shape index (κ2) is 6.04. The quantitative estimate of drug-likeness (QED) is 0.829. The van der Waals surface area contributed by atoms with Crippen molar-refractivity contribution < 1.29 is 9.53 Å². The van der Waals surface area contributed by atoms with Crippen molar-refractivity contribution in [3.05, 3.63) is 36.4 Å². The molecule has 23 heavy (non-hydrogen) atoms. The minimum Gasteiger partial charge on any atom is -0.368 e. The fraction of sp³-hybridized carbons (Fsp3) is 0.533. The zero-order valence-electron chi connectivity index (χ0n) is 13.5. The molecule has 1 aliphatic heterocycles. The van der Waals surface area contributed by atoms with Crippen LogP contribution in [0.25, 0.3) is 0 Å². The lowest BCUT2D eigenvalue weighted by Crippen LogP contribution is -2.51. The van der Waals surface area contributed by atoms with Crippen LogP contribution in [0.1, 0.15) is 31.5 Å². The monoisotopic (exact) mass is 316 g/mol. The van der Waals surface area contributed by atoms with E-state index in [2.05, 4.69) is 20.1 Å². The largest absolute Gasteiger partial charge is 0.368 e. The maximum absolute atomic E-state index is 12.9. The molecule has 1 fully saturated rings. The summed E-state index contributed by atoms with van der Waals surface area (Å²) in [7, 11) is 0. The van der Waals surface area contributed by atoms with E-state index in [-0.39, 0.29) is 12.0 Å². The van der Waals surface area contributed by atoms with Crippen LogP contribution in [0.5, 0.6) is 0 Å². The van der Waals surface area contributed by atoms with Crippen molar-refractivity contribution in [2.24, 2.45) is 0 Å². The van der Waals surface area contributed by atoms with Gasteiger partial charge in [0.25, 0.3) is 0 Å². The predicted molar refractivity (Wildman–Crippen MR) is 81.4 cm³/mol. The second-order valence-corrected chi connectivity index (χ2v) is 6.04. The number of aromatic nitrogens is 5. The maximum Gasteiger partial charge on any atom is 0.250 e. The number of amides is 1. The first-order valence-corrected chi connectivity index (χ1v) is 7.54. The molecule has 2 aromatic heterocycles. The number of carbonyl (C=O) groups is 1. The molecule has 0 N–H and O–H groups in total. The predicted octanol–water partition coefficient (Wildman–Crippen LogP) is 0.712. The van der Waals surface area contributed by atoms with E-state index in [1.54, 1.807) is 22.1 Å². The van der Waals surface area contributed by atoms with Crippen molar-refractivity contribution >= 4 is 5.91 Å². The Labute approximate surface area is 134 Å². The maximum atomic E-state index is 12.9. The molecule has 8 heteroatoms. The number of nitrogens with zero attached hydrogens (tertiary/aromatic N) is 6. The Bertz CT molecular complexity index is 685. The van der Waals surface area contributed by atoms with E-state index in [4.69, 9.17) is 4.74 Å². The first-order valence-electron chi connectivity index (χ1n) is 7.54. The van der Waals surface area contributed by atoms with Crippen LogP contribution in [0.15, 0.2) is 24.9 Å². The van der Waals surface area contributed by atoms with Gasteiger partial charge >= 0.3 is 0 Å². The molecular formula is C15H20N6O2. The van der Waals surface area contributed by atoms with Crippen molar-refractivity contribution in [3.8, 4) is 0 Å². The summed E-state index contributed by atoms with van der Waals surface area (Å²) in [4.78, 5) is 27.1. The number of ether oxygens (including phenoxy) is 1. The molecule has 2 aromatic rings. The standard InChI is InChI=1S/C15H20N6O2/c1-11-17-5-4-12(19-11)13-8-20(6-7-23-13)14(22)15(2,3)21-10-16-9-18-21/h4-5,9-10,13H,6-8H2,1-3H3. The SMILES string of the molecule is Cc1nccc(C2CN(C(=O)C(C)(C)n3cncn3)CCO2)n1. The van der Waals surface area contributed by atoms with Gasteiger partial charge in [-0.1, -0.05) is 0 Å². The van der Waals surface area contributed by atoms with E-state index < -0.39 is 5.54 Å². The molecular weight excluding hydrogens is 296 g/mol. The molecule has 122 valence electrons. The lowest BCUT2D eigenvalue weighted by molar-refractivity contribution is -0.147. The highest BCUT2D eigenvalue weighted by molar-refractivity contribution is 5.83. The third-order valence-electron chi connectivity index (χ3n) is 4.00. The van der Waals surface area contributed by atoms with Crippen LogP contribution < -0.4 is 0 Å². The zero-order chi connectivity index (χ0) is 16.4. The van der Waals surface area contributed by atoms with Gasteiger partial charge in [-0.3, -0.25) is 4.79 Å².